The summed E-state index contributed by atoms with van der Waals surface area (Å²) >= 11 is 0. The van der Waals surface area contributed by atoms with Gasteiger partial charge >= 0.3 is 0 Å². The minimum Gasteiger partial charge on any atom is -0.508 e. The van der Waals surface area contributed by atoms with Crippen LogP contribution in [0.25, 0.3) is 5.76 Å². The van der Waals surface area contributed by atoms with Crippen molar-refractivity contribution < 1.29 is 29.3 Å². The maximum atomic E-state index is 12.9. The zero-order valence-corrected chi connectivity index (χ0v) is 16.3. The summed E-state index contributed by atoms with van der Waals surface area (Å²) in [4.78, 5) is 27.1. The number of rotatable bonds is 7. The van der Waals surface area contributed by atoms with Crippen molar-refractivity contribution in [1.29, 1.82) is 0 Å². The molecule has 1 unspecified atom stereocenters. The van der Waals surface area contributed by atoms with Crippen LogP contribution in [0.4, 0.5) is 0 Å². The number of ketones is 1. The molecule has 7 nitrogen and oxygen atoms in total. The van der Waals surface area contributed by atoms with Crippen LogP contribution < -0.4 is 4.74 Å². The summed E-state index contributed by atoms with van der Waals surface area (Å²) in [6.07, 6.45) is 0.535. The number of hydrogen-bond acceptors (Lipinski definition) is 6. The van der Waals surface area contributed by atoms with Crippen LogP contribution in [0.3, 0.4) is 0 Å². The third kappa shape index (κ3) is 3.95. The summed E-state index contributed by atoms with van der Waals surface area (Å²) in [5.74, 6) is -1.29. The first kappa shape index (κ1) is 20.4. The van der Waals surface area contributed by atoms with E-state index in [4.69, 9.17) is 9.47 Å². The van der Waals surface area contributed by atoms with Crippen LogP contribution in [0, 0.1) is 0 Å². The van der Waals surface area contributed by atoms with Crippen molar-refractivity contribution in [3.8, 4) is 11.5 Å². The number of carbonyl (C=O) groups is 2. The van der Waals surface area contributed by atoms with Gasteiger partial charge in [-0.2, -0.15) is 0 Å². The van der Waals surface area contributed by atoms with Crippen LogP contribution in [-0.4, -0.2) is 54.2 Å². The Hall–Kier alpha value is -3.32. The lowest BCUT2D eigenvalue weighted by Gasteiger charge is -2.25. The van der Waals surface area contributed by atoms with E-state index >= 15 is 0 Å². The highest BCUT2D eigenvalue weighted by atomic mass is 16.5. The SMILES string of the molecule is COCCCN1C(=O)C(=O)/C(=C(\O)c2ccccc2OC)C1c1ccc(O)cc1. The number of hydrogen-bond donors (Lipinski definition) is 2. The monoisotopic (exact) mass is 397 g/mol. The predicted octanol–water partition coefficient (Wildman–Crippen LogP) is 2.86. The molecule has 2 N–H and O–H groups in total. The standard InChI is InChI=1S/C22H23NO6/c1-28-13-5-12-23-19(14-8-10-15(24)11-9-14)18(21(26)22(23)27)20(25)16-6-3-4-7-17(16)29-2/h3-4,6-11,19,24-25H,5,12-13H2,1-2H3/b20-18-. The third-order valence-electron chi connectivity index (χ3n) is 4.86. The second-order valence-corrected chi connectivity index (χ2v) is 6.63. The van der Waals surface area contributed by atoms with E-state index in [9.17, 15) is 19.8 Å². The van der Waals surface area contributed by atoms with Gasteiger partial charge in [0.15, 0.2) is 0 Å². The van der Waals surface area contributed by atoms with Crippen LogP contribution in [0.1, 0.15) is 23.6 Å². The average molecular weight is 397 g/mol. The summed E-state index contributed by atoms with van der Waals surface area (Å²) < 4.78 is 10.4. The van der Waals surface area contributed by atoms with Gasteiger partial charge in [-0.05, 0) is 36.2 Å². The average Bonchev–Trinajstić information content (AvgIpc) is 2.99. The number of Topliss-reactive ketones (excluding diaryl/α,β-unsaturated/α-hetero) is 1. The lowest BCUT2D eigenvalue weighted by molar-refractivity contribution is -0.140. The van der Waals surface area contributed by atoms with Gasteiger partial charge in [0.25, 0.3) is 11.7 Å². The fraction of sp³-hybridized carbons (Fsp3) is 0.273. The van der Waals surface area contributed by atoms with Gasteiger partial charge in [-0.25, -0.2) is 0 Å². The van der Waals surface area contributed by atoms with Crippen LogP contribution in [0.15, 0.2) is 54.1 Å². The number of phenolic OH excluding ortho intramolecular Hbond substituents is 1. The number of nitrogens with zero attached hydrogens (tertiary/aromatic N) is 1. The Kier molecular flexibility index (Phi) is 6.19. The summed E-state index contributed by atoms with van der Waals surface area (Å²) in [7, 11) is 3.03. The maximum Gasteiger partial charge on any atom is 0.295 e. The first-order chi connectivity index (χ1) is 14.0. The molecule has 0 spiro atoms. The zero-order chi connectivity index (χ0) is 21.0. The van der Waals surface area contributed by atoms with Crippen molar-refractivity contribution in [2.45, 2.75) is 12.5 Å². The molecule has 1 amide bonds. The molecule has 0 aromatic heterocycles. The second kappa shape index (κ2) is 8.79. The number of aromatic hydroxyl groups is 1. The number of para-hydroxylation sites is 1. The Morgan fingerprint density at radius 1 is 1.07 bits per heavy atom. The molecule has 3 rings (SSSR count). The van der Waals surface area contributed by atoms with Crippen LogP contribution in [0.2, 0.25) is 0 Å². The van der Waals surface area contributed by atoms with Gasteiger partial charge in [0.2, 0.25) is 0 Å². The molecule has 1 aliphatic rings. The maximum absolute atomic E-state index is 12.9. The predicted molar refractivity (Wildman–Crippen MR) is 107 cm³/mol. The summed E-state index contributed by atoms with van der Waals surface area (Å²) in [5.41, 5.74) is 0.923. The van der Waals surface area contributed by atoms with Gasteiger partial charge in [-0.1, -0.05) is 24.3 Å². The molecular weight excluding hydrogens is 374 g/mol. The van der Waals surface area contributed by atoms with E-state index in [1.165, 1.54) is 24.1 Å². The fourth-order valence-electron chi connectivity index (χ4n) is 3.48. The molecule has 1 fully saturated rings. The highest BCUT2D eigenvalue weighted by Crippen LogP contribution is 2.41. The van der Waals surface area contributed by atoms with Gasteiger partial charge in [0, 0.05) is 20.3 Å². The molecule has 2 aromatic rings. The number of ether oxygens (including phenoxy) is 2. The minimum absolute atomic E-state index is 0.0115. The van der Waals surface area contributed by atoms with Crippen LogP contribution in [-0.2, 0) is 14.3 Å². The second-order valence-electron chi connectivity index (χ2n) is 6.63. The Labute approximate surface area is 168 Å². The quantitative estimate of drug-likeness (QED) is 0.323. The smallest absolute Gasteiger partial charge is 0.295 e. The normalized spacial score (nSPS) is 18.3. The number of aliphatic hydroxyl groups is 1. The Bertz CT molecular complexity index is 935. The van der Waals surface area contributed by atoms with E-state index in [0.717, 1.165) is 0 Å². The van der Waals surface area contributed by atoms with E-state index in [-0.39, 0.29) is 23.6 Å². The van der Waals surface area contributed by atoms with Gasteiger partial charge in [0.05, 0.1) is 24.3 Å². The molecule has 0 bridgehead atoms. The molecule has 1 aliphatic heterocycles. The van der Waals surface area contributed by atoms with Gasteiger partial charge in [-0.3, -0.25) is 9.59 Å². The third-order valence-corrected chi connectivity index (χ3v) is 4.86. The number of carbonyl (C=O) groups excluding carboxylic acids is 2. The van der Waals surface area contributed by atoms with Crippen molar-refractivity contribution in [3.05, 3.63) is 65.2 Å². The lowest BCUT2D eigenvalue weighted by atomic mass is 9.95. The number of amides is 1. The summed E-state index contributed by atoms with van der Waals surface area (Å²) in [5, 5.41) is 20.6. The van der Waals surface area contributed by atoms with Crippen molar-refractivity contribution in [2.75, 3.05) is 27.4 Å². The Morgan fingerprint density at radius 2 is 1.76 bits per heavy atom. The number of aliphatic hydroxyl groups excluding tert-OH is 1. The molecule has 7 heteroatoms. The molecular formula is C22H23NO6. The Balaban J connectivity index is 2.15. The minimum atomic E-state index is -0.780. The number of methoxy groups -OCH3 is 2. The number of benzene rings is 2. The highest BCUT2D eigenvalue weighted by Gasteiger charge is 2.46. The van der Waals surface area contributed by atoms with Crippen LogP contribution >= 0.6 is 0 Å². The van der Waals surface area contributed by atoms with Gasteiger partial charge < -0.3 is 24.6 Å². The molecule has 0 saturated carbocycles. The zero-order valence-electron chi connectivity index (χ0n) is 16.3. The summed E-state index contributed by atoms with van der Waals surface area (Å²) in [6.45, 7) is 0.713. The number of likely N-dealkylation sites (tertiary alicyclic amines) is 1. The molecule has 29 heavy (non-hydrogen) atoms. The van der Waals surface area contributed by atoms with Crippen molar-refractivity contribution >= 4 is 17.4 Å². The van der Waals surface area contributed by atoms with E-state index in [1.54, 1.807) is 43.5 Å². The largest absolute Gasteiger partial charge is 0.508 e. The van der Waals surface area contributed by atoms with Crippen LogP contribution in [0.5, 0.6) is 11.5 Å². The molecule has 0 aliphatic carbocycles. The lowest BCUT2D eigenvalue weighted by Crippen LogP contribution is -2.31. The van der Waals surface area contributed by atoms with Crippen molar-refractivity contribution in [3.63, 3.8) is 0 Å². The highest BCUT2D eigenvalue weighted by molar-refractivity contribution is 6.46. The van der Waals surface area contributed by atoms with Gasteiger partial charge in [0.1, 0.15) is 17.3 Å². The molecule has 0 radical (unpaired) electrons. The van der Waals surface area contributed by atoms with E-state index < -0.39 is 17.7 Å². The van der Waals surface area contributed by atoms with E-state index in [2.05, 4.69) is 0 Å². The molecule has 152 valence electrons. The molecule has 1 heterocycles. The first-order valence-electron chi connectivity index (χ1n) is 9.19. The number of phenols is 1. The Morgan fingerprint density at radius 3 is 2.41 bits per heavy atom. The van der Waals surface area contributed by atoms with Crippen molar-refractivity contribution in [2.24, 2.45) is 0 Å². The topological polar surface area (TPSA) is 96.3 Å². The fourth-order valence-corrected chi connectivity index (χ4v) is 3.48. The molecule has 1 saturated heterocycles. The first-order valence-corrected chi connectivity index (χ1v) is 9.19. The van der Waals surface area contributed by atoms with Gasteiger partial charge in [-0.15, -0.1) is 0 Å². The van der Waals surface area contributed by atoms with Crippen molar-refractivity contribution in [1.82, 2.24) is 4.90 Å². The molecule has 2 aromatic carbocycles. The van der Waals surface area contributed by atoms with E-state index in [0.29, 0.717) is 29.9 Å². The summed E-state index contributed by atoms with van der Waals surface area (Å²) in [6, 6.07) is 12.2. The molecule has 1 atom stereocenters. The van der Waals surface area contributed by atoms with E-state index in [1.807, 2.05) is 0 Å².